The summed E-state index contributed by atoms with van der Waals surface area (Å²) in [6, 6.07) is 0.810. The Labute approximate surface area is 99.4 Å². The van der Waals surface area contributed by atoms with Gasteiger partial charge >= 0.3 is 0 Å². The Hall–Kier alpha value is -0.340. The van der Waals surface area contributed by atoms with Gasteiger partial charge in [0.05, 0.1) is 6.61 Å². The van der Waals surface area contributed by atoms with Gasteiger partial charge in [0.2, 0.25) is 0 Å². The molecule has 0 spiro atoms. The summed E-state index contributed by atoms with van der Waals surface area (Å²) in [5.74, 6) is 1.32. The first-order valence-electron chi connectivity index (χ1n) is 6.77. The second-order valence-electron chi connectivity index (χ2n) is 5.53. The van der Waals surface area contributed by atoms with E-state index in [-0.39, 0.29) is 0 Å². The summed E-state index contributed by atoms with van der Waals surface area (Å²) < 4.78 is 5.54. The summed E-state index contributed by atoms with van der Waals surface area (Å²) in [6.07, 6.45) is 7.75. The molecule has 16 heavy (non-hydrogen) atoms. The number of nitrogens with one attached hydrogen (secondary N) is 1. The Balaban J connectivity index is 1.84. The summed E-state index contributed by atoms with van der Waals surface area (Å²) in [6.45, 7) is 7.56. The molecule has 1 aliphatic heterocycles. The van der Waals surface area contributed by atoms with Crippen LogP contribution in [-0.2, 0) is 4.74 Å². The SMILES string of the molecule is CC(C)C(=CC1CCCOC1)CNC1CC1. The summed E-state index contributed by atoms with van der Waals surface area (Å²) in [7, 11) is 0. The first-order valence-corrected chi connectivity index (χ1v) is 6.77. The Kier molecular flexibility index (Phi) is 4.42. The minimum Gasteiger partial charge on any atom is -0.381 e. The van der Waals surface area contributed by atoms with E-state index in [1.54, 1.807) is 5.57 Å². The van der Waals surface area contributed by atoms with Crippen LogP contribution in [0.2, 0.25) is 0 Å². The predicted molar refractivity (Wildman–Crippen MR) is 67.5 cm³/mol. The molecule has 0 bridgehead atoms. The first kappa shape index (κ1) is 12.1. The second-order valence-corrected chi connectivity index (χ2v) is 5.53. The van der Waals surface area contributed by atoms with E-state index >= 15 is 0 Å². The number of rotatable bonds is 5. The van der Waals surface area contributed by atoms with Crippen LogP contribution in [0.25, 0.3) is 0 Å². The van der Waals surface area contributed by atoms with Gasteiger partial charge in [-0.3, -0.25) is 0 Å². The Morgan fingerprint density at radius 3 is 2.75 bits per heavy atom. The molecule has 1 unspecified atom stereocenters. The molecule has 0 aromatic rings. The van der Waals surface area contributed by atoms with Gasteiger partial charge in [-0.15, -0.1) is 0 Å². The van der Waals surface area contributed by atoms with Gasteiger partial charge in [-0.25, -0.2) is 0 Å². The van der Waals surface area contributed by atoms with Gasteiger partial charge in [0, 0.05) is 25.1 Å². The fourth-order valence-electron chi connectivity index (χ4n) is 2.20. The Morgan fingerprint density at radius 1 is 1.38 bits per heavy atom. The molecule has 1 saturated heterocycles. The Bertz CT molecular complexity index is 237. The lowest BCUT2D eigenvalue weighted by Gasteiger charge is -2.22. The maximum absolute atomic E-state index is 5.54. The zero-order chi connectivity index (χ0) is 11.4. The van der Waals surface area contributed by atoms with Crippen LogP contribution in [0.5, 0.6) is 0 Å². The van der Waals surface area contributed by atoms with Crippen molar-refractivity contribution in [3.63, 3.8) is 0 Å². The maximum Gasteiger partial charge on any atom is 0.0528 e. The molecular weight excluding hydrogens is 198 g/mol. The van der Waals surface area contributed by atoms with Crippen molar-refractivity contribution in [1.82, 2.24) is 5.32 Å². The minimum absolute atomic E-state index is 0.659. The molecule has 1 heterocycles. The fourth-order valence-corrected chi connectivity index (χ4v) is 2.20. The average Bonchev–Trinajstić information content (AvgIpc) is 3.09. The molecule has 1 N–H and O–H groups in total. The quantitative estimate of drug-likeness (QED) is 0.724. The standard InChI is InChI=1S/C14H25NO/c1-11(2)13(9-15-14-5-6-14)8-12-4-3-7-16-10-12/h8,11-12,14-15H,3-7,9-10H2,1-2H3. The lowest BCUT2D eigenvalue weighted by molar-refractivity contribution is 0.0706. The highest BCUT2D eigenvalue weighted by Gasteiger charge is 2.21. The number of ether oxygens (including phenoxy) is 1. The highest BCUT2D eigenvalue weighted by molar-refractivity contribution is 5.10. The number of hydrogen-bond acceptors (Lipinski definition) is 2. The van der Waals surface area contributed by atoms with E-state index in [0.29, 0.717) is 11.8 Å². The molecule has 2 fully saturated rings. The van der Waals surface area contributed by atoms with E-state index in [9.17, 15) is 0 Å². The van der Waals surface area contributed by atoms with Crippen LogP contribution >= 0.6 is 0 Å². The van der Waals surface area contributed by atoms with Gasteiger partial charge in [0.1, 0.15) is 0 Å². The molecular formula is C14H25NO. The van der Waals surface area contributed by atoms with Crippen molar-refractivity contribution in [2.75, 3.05) is 19.8 Å². The molecule has 0 aromatic heterocycles. The molecule has 1 saturated carbocycles. The molecule has 2 nitrogen and oxygen atoms in total. The molecule has 2 heteroatoms. The summed E-state index contributed by atoms with van der Waals surface area (Å²) in [4.78, 5) is 0. The maximum atomic E-state index is 5.54. The van der Waals surface area contributed by atoms with E-state index < -0.39 is 0 Å². The smallest absolute Gasteiger partial charge is 0.0528 e. The van der Waals surface area contributed by atoms with Gasteiger partial charge in [0.25, 0.3) is 0 Å². The van der Waals surface area contributed by atoms with E-state index in [2.05, 4.69) is 25.2 Å². The van der Waals surface area contributed by atoms with Crippen LogP contribution < -0.4 is 5.32 Å². The molecule has 2 rings (SSSR count). The van der Waals surface area contributed by atoms with E-state index in [0.717, 1.165) is 25.8 Å². The minimum atomic E-state index is 0.659. The molecule has 2 aliphatic rings. The van der Waals surface area contributed by atoms with Crippen LogP contribution in [0.1, 0.15) is 39.5 Å². The average molecular weight is 223 g/mol. The second kappa shape index (κ2) is 5.83. The van der Waals surface area contributed by atoms with Gasteiger partial charge in [-0.2, -0.15) is 0 Å². The summed E-state index contributed by atoms with van der Waals surface area (Å²) in [5.41, 5.74) is 1.57. The van der Waals surface area contributed by atoms with Crippen molar-refractivity contribution < 1.29 is 4.74 Å². The molecule has 1 aliphatic carbocycles. The third-order valence-electron chi connectivity index (χ3n) is 3.56. The third kappa shape index (κ3) is 3.91. The molecule has 0 aromatic carbocycles. The van der Waals surface area contributed by atoms with E-state index in [4.69, 9.17) is 4.74 Å². The molecule has 0 radical (unpaired) electrons. The van der Waals surface area contributed by atoms with Crippen LogP contribution in [0.4, 0.5) is 0 Å². The largest absolute Gasteiger partial charge is 0.381 e. The normalized spacial score (nSPS) is 27.4. The summed E-state index contributed by atoms with van der Waals surface area (Å²) in [5, 5.41) is 3.62. The third-order valence-corrected chi connectivity index (χ3v) is 3.56. The lowest BCUT2D eigenvalue weighted by atomic mass is 9.94. The first-order chi connectivity index (χ1) is 7.75. The van der Waals surface area contributed by atoms with Gasteiger partial charge in [-0.05, 0) is 31.6 Å². The topological polar surface area (TPSA) is 21.3 Å². The monoisotopic (exact) mass is 223 g/mol. The van der Waals surface area contributed by atoms with Gasteiger partial charge in [-0.1, -0.05) is 25.5 Å². The van der Waals surface area contributed by atoms with Gasteiger partial charge < -0.3 is 10.1 Å². The van der Waals surface area contributed by atoms with Crippen molar-refractivity contribution in [2.45, 2.75) is 45.6 Å². The van der Waals surface area contributed by atoms with Crippen molar-refractivity contribution in [3.05, 3.63) is 11.6 Å². The molecule has 92 valence electrons. The van der Waals surface area contributed by atoms with Crippen molar-refractivity contribution in [3.8, 4) is 0 Å². The van der Waals surface area contributed by atoms with Crippen LogP contribution in [-0.4, -0.2) is 25.8 Å². The number of hydrogen-bond donors (Lipinski definition) is 1. The highest BCUT2D eigenvalue weighted by atomic mass is 16.5. The van der Waals surface area contributed by atoms with Crippen molar-refractivity contribution >= 4 is 0 Å². The van der Waals surface area contributed by atoms with Crippen LogP contribution in [0, 0.1) is 11.8 Å². The summed E-state index contributed by atoms with van der Waals surface area (Å²) >= 11 is 0. The van der Waals surface area contributed by atoms with Crippen LogP contribution in [0.15, 0.2) is 11.6 Å². The molecule has 1 atom stereocenters. The van der Waals surface area contributed by atoms with Crippen LogP contribution in [0.3, 0.4) is 0 Å². The lowest BCUT2D eigenvalue weighted by Crippen LogP contribution is -2.23. The van der Waals surface area contributed by atoms with Crippen molar-refractivity contribution in [2.24, 2.45) is 11.8 Å². The van der Waals surface area contributed by atoms with E-state index in [1.165, 1.54) is 25.7 Å². The fraction of sp³-hybridized carbons (Fsp3) is 0.857. The highest BCUT2D eigenvalue weighted by Crippen LogP contribution is 2.22. The predicted octanol–water partition coefficient (Wildman–Crippen LogP) is 2.75. The molecule has 0 amide bonds. The van der Waals surface area contributed by atoms with E-state index in [1.807, 2.05) is 0 Å². The zero-order valence-corrected chi connectivity index (χ0v) is 10.7. The Morgan fingerprint density at radius 2 is 2.19 bits per heavy atom. The van der Waals surface area contributed by atoms with Gasteiger partial charge in [0.15, 0.2) is 0 Å². The van der Waals surface area contributed by atoms with Crippen molar-refractivity contribution in [1.29, 1.82) is 0 Å². The zero-order valence-electron chi connectivity index (χ0n) is 10.7.